The third-order valence-corrected chi connectivity index (χ3v) is 3.74. The molecule has 0 spiro atoms. The van der Waals surface area contributed by atoms with Crippen molar-refractivity contribution >= 4 is 15.9 Å². The SMILES string of the molecule is COc1ccc(CN)c(Oc2ccc(Br)c(C)c2)c1. The Balaban J connectivity index is 2.33. The number of nitrogens with two attached hydrogens (primary N) is 1. The summed E-state index contributed by atoms with van der Waals surface area (Å²) in [6, 6.07) is 11.5. The lowest BCUT2D eigenvalue weighted by Gasteiger charge is -2.12. The first-order valence-electron chi connectivity index (χ1n) is 5.95. The molecule has 0 atom stereocenters. The maximum atomic E-state index is 5.90. The molecule has 2 N–H and O–H groups in total. The standard InChI is InChI=1S/C15H16BrNO2/c1-10-7-13(5-6-14(10)16)19-15-8-12(18-2)4-3-11(15)9-17/h3-8H,9,17H2,1-2H3. The molecule has 0 aromatic heterocycles. The highest BCUT2D eigenvalue weighted by Crippen LogP contribution is 2.31. The highest BCUT2D eigenvalue weighted by atomic mass is 79.9. The summed E-state index contributed by atoms with van der Waals surface area (Å²) in [5.41, 5.74) is 7.79. The maximum Gasteiger partial charge on any atom is 0.135 e. The summed E-state index contributed by atoms with van der Waals surface area (Å²) in [4.78, 5) is 0. The molecule has 0 aliphatic heterocycles. The molecule has 19 heavy (non-hydrogen) atoms. The predicted molar refractivity (Wildman–Crippen MR) is 79.8 cm³/mol. The van der Waals surface area contributed by atoms with Gasteiger partial charge in [0, 0.05) is 22.6 Å². The molecule has 2 aromatic rings. The molecule has 0 amide bonds. The lowest BCUT2D eigenvalue weighted by atomic mass is 10.2. The van der Waals surface area contributed by atoms with E-state index in [0.717, 1.165) is 32.8 Å². The molecule has 0 saturated carbocycles. The van der Waals surface area contributed by atoms with Crippen molar-refractivity contribution in [2.24, 2.45) is 5.73 Å². The fourth-order valence-electron chi connectivity index (χ4n) is 1.73. The molecular weight excluding hydrogens is 306 g/mol. The van der Waals surface area contributed by atoms with Gasteiger partial charge in [-0.3, -0.25) is 0 Å². The van der Waals surface area contributed by atoms with Gasteiger partial charge in [-0.05, 0) is 36.8 Å². The Kier molecular flexibility index (Phi) is 4.45. The second kappa shape index (κ2) is 6.08. The van der Waals surface area contributed by atoms with Crippen molar-refractivity contribution in [1.82, 2.24) is 0 Å². The van der Waals surface area contributed by atoms with Crippen molar-refractivity contribution in [3.05, 3.63) is 52.0 Å². The third kappa shape index (κ3) is 3.28. The third-order valence-electron chi connectivity index (χ3n) is 2.85. The highest BCUT2D eigenvalue weighted by molar-refractivity contribution is 9.10. The highest BCUT2D eigenvalue weighted by Gasteiger charge is 2.07. The van der Waals surface area contributed by atoms with E-state index in [-0.39, 0.29) is 0 Å². The molecule has 0 heterocycles. The largest absolute Gasteiger partial charge is 0.497 e. The van der Waals surface area contributed by atoms with Gasteiger partial charge in [0.25, 0.3) is 0 Å². The Morgan fingerprint density at radius 3 is 2.47 bits per heavy atom. The molecule has 4 heteroatoms. The van der Waals surface area contributed by atoms with Crippen LogP contribution in [0.5, 0.6) is 17.2 Å². The van der Waals surface area contributed by atoms with E-state index in [0.29, 0.717) is 6.54 Å². The smallest absolute Gasteiger partial charge is 0.135 e. The minimum atomic E-state index is 0.425. The maximum absolute atomic E-state index is 5.90. The molecule has 2 rings (SSSR count). The van der Waals surface area contributed by atoms with Crippen molar-refractivity contribution < 1.29 is 9.47 Å². The van der Waals surface area contributed by atoms with Gasteiger partial charge in [-0.2, -0.15) is 0 Å². The zero-order chi connectivity index (χ0) is 13.8. The number of methoxy groups -OCH3 is 1. The summed E-state index contributed by atoms with van der Waals surface area (Å²) < 4.78 is 12.2. The first-order chi connectivity index (χ1) is 9.13. The van der Waals surface area contributed by atoms with Crippen molar-refractivity contribution in [2.45, 2.75) is 13.5 Å². The number of ether oxygens (including phenoxy) is 2. The first kappa shape index (κ1) is 13.9. The fourth-order valence-corrected chi connectivity index (χ4v) is 1.98. The second-order valence-corrected chi connectivity index (χ2v) is 5.05. The molecule has 2 aromatic carbocycles. The van der Waals surface area contributed by atoms with Gasteiger partial charge in [-0.25, -0.2) is 0 Å². The van der Waals surface area contributed by atoms with Crippen LogP contribution in [0.25, 0.3) is 0 Å². The predicted octanol–water partition coefficient (Wildman–Crippen LogP) is 4.02. The van der Waals surface area contributed by atoms with E-state index in [2.05, 4.69) is 15.9 Å². The van der Waals surface area contributed by atoms with E-state index in [1.807, 2.05) is 43.3 Å². The Labute approximate surface area is 121 Å². The van der Waals surface area contributed by atoms with E-state index >= 15 is 0 Å². The van der Waals surface area contributed by atoms with E-state index in [1.165, 1.54) is 0 Å². The van der Waals surface area contributed by atoms with Gasteiger partial charge >= 0.3 is 0 Å². The monoisotopic (exact) mass is 321 g/mol. The van der Waals surface area contributed by atoms with Crippen LogP contribution in [0.3, 0.4) is 0 Å². The van der Waals surface area contributed by atoms with Gasteiger partial charge in [0.15, 0.2) is 0 Å². The van der Waals surface area contributed by atoms with Gasteiger partial charge in [0.1, 0.15) is 17.2 Å². The summed E-state index contributed by atoms with van der Waals surface area (Å²) in [5, 5.41) is 0. The van der Waals surface area contributed by atoms with E-state index < -0.39 is 0 Å². The number of hydrogen-bond acceptors (Lipinski definition) is 3. The molecule has 100 valence electrons. The van der Waals surface area contributed by atoms with Gasteiger partial charge in [-0.15, -0.1) is 0 Å². The minimum absolute atomic E-state index is 0.425. The molecule has 3 nitrogen and oxygen atoms in total. The van der Waals surface area contributed by atoms with Gasteiger partial charge in [0.05, 0.1) is 7.11 Å². The molecule has 0 aliphatic rings. The van der Waals surface area contributed by atoms with Crippen LogP contribution < -0.4 is 15.2 Å². The molecule has 0 bridgehead atoms. The summed E-state index contributed by atoms with van der Waals surface area (Å²) in [7, 11) is 1.63. The number of benzene rings is 2. The van der Waals surface area contributed by atoms with Crippen LogP contribution in [0.15, 0.2) is 40.9 Å². The van der Waals surface area contributed by atoms with Crippen LogP contribution >= 0.6 is 15.9 Å². The van der Waals surface area contributed by atoms with Crippen LogP contribution in [-0.2, 0) is 6.54 Å². The van der Waals surface area contributed by atoms with Crippen molar-refractivity contribution in [2.75, 3.05) is 7.11 Å². The van der Waals surface area contributed by atoms with Crippen LogP contribution in [0.2, 0.25) is 0 Å². The molecular formula is C15H16BrNO2. The number of rotatable bonds is 4. The molecule has 0 saturated heterocycles. The topological polar surface area (TPSA) is 44.5 Å². The van der Waals surface area contributed by atoms with Crippen LogP contribution in [-0.4, -0.2) is 7.11 Å². The van der Waals surface area contributed by atoms with Crippen LogP contribution in [0, 0.1) is 6.92 Å². The zero-order valence-corrected chi connectivity index (χ0v) is 12.5. The Morgan fingerprint density at radius 2 is 1.84 bits per heavy atom. The molecule has 0 aliphatic carbocycles. The number of halogens is 1. The summed E-state index contributed by atoms with van der Waals surface area (Å²) in [6.07, 6.45) is 0. The fraction of sp³-hybridized carbons (Fsp3) is 0.200. The Hall–Kier alpha value is -1.52. The normalized spacial score (nSPS) is 10.3. The van der Waals surface area contributed by atoms with E-state index in [1.54, 1.807) is 7.11 Å². The van der Waals surface area contributed by atoms with E-state index in [4.69, 9.17) is 15.2 Å². The molecule has 0 unspecified atom stereocenters. The first-order valence-corrected chi connectivity index (χ1v) is 6.74. The van der Waals surface area contributed by atoms with Gasteiger partial charge < -0.3 is 15.2 Å². The van der Waals surface area contributed by atoms with Gasteiger partial charge in [0.2, 0.25) is 0 Å². The minimum Gasteiger partial charge on any atom is -0.497 e. The zero-order valence-electron chi connectivity index (χ0n) is 10.9. The molecule has 0 fully saturated rings. The number of aryl methyl sites for hydroxylation is 1. The van der Waals surface area contributed by atoms with Gasteiger partial charge in [-0.1, -0.05) is 22.0 Å². The van der Waals surface area contributed by atoms with Crippen molar-refractivity contribution in [1.29, 1.82) is 0 Å². The average molecular weight is 322 g/mol. The average Bonchev–Trinajstić information content (AvgIpc) is 2.43. The van der Waals surface area contributed by atoms with Crippen LogP contribution in [0.4, 0.5) is 0 Å². The lowest BCUT2D eigenvalue weighted by Crippen LogP contribution is -2.00. The van der Waals surface area contributed by atoms with E-state index in [9.17, 15) is 0 Å². The Morgan fingerprint density at radius 1 is 1.11 bits per heavy atom. The summed E-state index contributed by atoms with van der Waals surface area (Å²) >= 11 is 3.47. The molecule has 0 radical (unpaired) electrons. The van der Waals surface area contributed by atoms with Crippen LogP contribution in [0.1, 0.15) is 11.1 Å². The summed E-state index contributed by atoms with van der Waals surface area (Å²) in [6.45, 7) is 2.45. The second-order valence-electron chi connectivity index (χ2n) is 4.19. The summed E-state index contributed by atoms with van der Waals surface area (Å²) in [5.74, 6) is 2.26. The quantitative estimate of drug-likeness (QED) is 0.925. The lowest BCUT2D eigenvalue weighted by molar-refractivity contribution is 0.408. The number of hydrogen-bond donors (Lipinski definition) is 1. The van der Waals surface area contributed by atoms with Crippen molar-refractivity contribution in [3.8, 4) is 17.2 Å². The Bertz CT molecular complexity index is 584. The van der Waals surface area contributed by atoms with Crippen molar-refractivity contribution in [3.63, 3.8) is 0 Å².